The van der Waals surface area contributed by atoms with Gasteiger partial charge in [0.1, 0.15) is 5.75 Å². The largest absolute Gasteiger partial charge is 0.495 e. The van der Waals surface area contributed by atoms with Gasteiger partial charge in [-0.2, -0.15) is 0 Å². The lowest BCUT2D eigenvalue weighted by atomic mass is 10.0. The van der Waals surface area contributed by atoms with Crippen LogP contribution in [0.15, 0.2) is 36.4 Å². The van der Waals surface area contributed by atoms with Gasteiger partial charge in [-0.15, -0.1) is 0 Å². The third-order valence-corrected chi connectivity index (χ3v) is 4.50. The molecule has 0 bridgehead atoms. The zero-order valence-corrected chi connectivity index (χ0v) is 13.1. The van der Waals surface area contributed by atoms with Gasteiger partial charge in [0.05, 0.1) is 12.7 Å². The van der Waals surface area contributed by atoms with Crippen LogP contribution in [-0.2, 0) is 0 Å². The van der Waals surface area contributed by atoms with Crippen LogP contribution < -0.4 is 10.1 Å². The first-order valence-electron chi connectivity index (χ1n) is 7.77. The first kappa shape index (κ1) is 14.9. The summed E-state index contributed by atoms with van der Waals surface area (Å²) in [5, 5.41) is 5.36. The molecule has 1 heterocycles. The molecular formula is C18H22N2O2. The van der Waals surface area contributed by atoms with Gasteiger partial charge in [0.25, 0.3) is 5.91 Å². The van der Waals surface area contributed by atoms with Crippen LogP contribution in [0.1, 0.15) is 23.2 Å². The Morgan fingerprint density at radius 1 is 1.18 bits per heavy atom. The number of piperidine rings is 1. The van der Waals surface area contributed by atoms with Crippen molar-refractivity contribution in [2.24, 2.45) is 0 Å². The molecule has 1 saturated heterocycles. The minimum atomic E-state index is 0.0668. The molecule has 2 aromatic rings. The summed E-state index contributed by atoms with van der Waals surface area (Å²) >= 11 is 0. The molecule has 1 fully saturated rings. The number of carbonyl (C=O) groups is 1. The topological polar surface area (TPSA) is 41.6 Å². The first-order valence-corrected chi connectivity index (χ1v) is 7.77. The number of hydrogen-bond acceptors (Lipinski definition) is 3. The number of hydrogen-bond donors (Lipinski definition) is 1. The van der Waals surface area contributed by atoms with E-state index in [1.165, 1.54) is 0 Å². The quantitative estimate of drug-likeness (QED) is 0.947. The van der Waals surface area contributed by atoms with Gasteiger partial charge in [-0.05, 0) is 31.3 Å². The highest BCUT2D eigenvalue weighted by Gasteiger charge is 2.25. The van der Waals surface area contributed by atoms with E-state index in [0.29, 0.717) is 17.4 Å². The Bertz CT molecular complexity index is 676. The number of likely N-dealkylation sites (tertiary alicyclic amines) is 1. The molecule has 0 radical (unpaired) electrons. The predicted molar refractivity (Wildman–Crippen MR) is 88.5 cm³/mol. The summed E-state index contributed by atoms with van der Waals surface area (Å²) in [5.74, 6) is 0.746. The summed E-state index contributed by atoms with van der Waals surface area (Å²) in [6, 6.07) is 12.4. The van der Waals surface area contributed by atoms with Crippen molar-refractivity contribution in [1.82, 2.24) is 10.2 Å². The highest BCUT2D eigenvalue weighted by molar-refractivity contribution is 6.03. The minimum Gasteiger partial charge on any atom is -0.495 e. The van der Waals surface area contributed by atoms with E-state index in [2.05, 4.69) is 5.32 Å². The van der Waals surface area contributed by atoms with Crippen LogP contribution in [0.2, 0.25) is 0 Å². The minimum absolute atomic E-state index is 0.0668. The normalized spacial score (nSPS) is 16.0. The number of amides is 1. The maximum atomic E-state index is 12.8. The lowest BCUT2D eigenvalue weighted by Gasteiger charge is -2.32. The Balaban J connectivity index is 1.91. The van der Waals surface area contributed by atoms with Gasteiger partial charge in [-0.3, -0.25) is 4.79 Å². The number of rotatable bonds is 3. The summed E-state index contributed by atoms with van der Waals surface area (Å²) < 4.78 is 5.55. The number of ether oxygens (including phenoxy) is 1. The van der Waals surface area contributed by atoms with Gasteiger partial charge in [-0.1, -0.05) is 30.3 Å². The Morgan fingerprint density at radius 2 is 1.91 bits per heavy atom. The molecule has 0 unspecified atom stereocenters. The van der Waals surface area contributed by atoms with Gasteiger partial charge < -0.3 is 15.0 Å². The molecule has 0 aliphatic carbocycles. The van der Waals surface area contributed by atoms with E-state index in [1.54, 1.807) is 7.11 Å². The third-order valence-electron chi connectivity index (χ3n) is 4.50. The summed E-state index contributed by atoms with van der Waals surface area (Å²) in [7, 11) is 3.61. The Morgan fingerprint density at radius 3 is 2.59 bits per heavy atom. The molecule has 0 saturated carbocycles. The van der Waals surface area contributed by atoms with E-state index in [1.807, 2.05) is 48.3 Å². The van der Waals surface area contributed by atoms with Gasteiger partial charge in [0.2, 0.25) is 0 Å². The first-order chi connectivity index (χ1) is 10.7. The fourth-order valence-corrected chi connectivity index (χ4v) is 3.17. The zero-order chi connectivity index (χ0) is 15.5. The number of methoxy groups -OCH3 is 1. The van der Waals surface area contributed by atoms with Crippen LogP contribution in [0, 0.1) is 0 Å². The lowest BCUT2D eigenvalue weighted by molar-refractivity contribution is 0.0704. The molecule has 4 heteroatoms. The molecule has 0 spiro atoms. The van der Waals surface area contributed by atoms with Gasteiger partial charge >= 0.3 is 0 Å². The van der Waals surface area contributed by atoms with Crippen molar-refractivity contribution < 1.29 is 9.53 Å². The van der Waals surface area contributed by atoms with Crippen molar-refractivity contribution in [3.8, 4) is 5.75 Å². The van der Waals surface area contributed by atoms with Crippen LogP contribution in [0.4, 0.5) is 0 Å². The molecular weight excluding hydrogens is 276 g/mol. The number of carbonyl (C=O) groups excluding carboxylic acids is 1. The maximum Gasteiger partial charge on any atom is 0.257 e. The monoisotopic (exact) mass is 298 g/mol. The Kier molecular flexibility index (Phi) is 4.29. The number of benzene rings is 2. The summed E-state index contributed by atoms with van der Waals surface area (Å²) in [6.45, 7) is 1.58. The number of fused-ring (bicyclic) bond motifs is 1. The molecule has 116 valence electrons. The van der Waals surface area contributed by atoms with Crippen LogP contribution in [0.5, 0.6) is 5.75 Å². The van der Waals surface area contributed by atoms with E-state index in [-0.39, 0.29) is 5.91 Å². The lowest BCUT2D eigenvalue weighted by Crippen LogP contribution is -2.44. The van der Waals surface area contributed by atoms with Crippen molar-refractivity contribution in [2.75, 3.05) is 27.2 Å². The Labute approximate surface area is 131 Å². The average molecular weight is 298 g/mol. The van der Waals surface area contributed by atoms with Crippen molar-refractivity contribution in [2.45, 2.75) is 18.9 Å². The van der Waals surface area contributed by atoms with Crippen LogP contribution >= 0.6 is 0 Å². The summed E-state index contributed by atoms with van der Waals surface area (Å²) in [6.07, 6.45) is 2.00. The molecule has 22 heavy (non-hydrogen) atoms. The van der Waals surface area contributed by atoms with E-state index in [4.69, 9.17) is 4.74 Å². The zero-order valence-electron chi connectivity index (χ0n) is 13.1. The number of nitrogens with zero attached hydrogens (tertiary/aromatic N) is 1. The fourth-order valence-electron chi connectivity index (χ4n) is 3.17. The standard InChI is InChI=1S/C18H22N2O2/c1-19-14-9-11-20(12-10-14)18(21)16-8-7-13-5-3-4-6-15(13)17(16)22-2/h3-8,14,19H,9-12H2,1-2H3. The van der Waals surface area contributed by atoms with Crippen molar-refractivity contribution >= 4 is 16.7 Å². The van der Waals surface area contributed by atoms with E-state index in [0.717, 1.165) is 36.7 Å². The molecule has 0 atom stereocenters. The fraction of sp³-hybridized carbons (Fsp3) is 0.389. The summed E-state index contributed by atoms with van der Waals surface area (Å²) in [4.78, 5) is 14.8. The molecule has 1 aliphatic rings. The molecule has 3 rings (SSSR count). The van der Waals surface area contributed by atoms with Crippen LogP contribution in [0.25, 0.3) is 10.8 Å². The van der Waals surface area contributed by atoms with Crippen molar-refractivity contribution in [3.05, 3.63) is 42.0 Å². The molecule has 2 aromatic carbocycles. The van der Waals surface area contributed by atoms with Crippen LogP contribution in [0.3, 0.4) is 0 Å². The van der Waals surface area contributed by atoms with E-state index in [9.17, 15) is 4.79 Å². The Hall–Kier alpha value is -2.07. The second kappa shape index (κ2) is 6.36. The number of nitrogens with one attached hydrogen (secondary N) is 1. The van der Waals surface area contributed by atoms with Crippen molar-refractivity contribution in [3.63, 3.8) is 0 Å². The molecule has 1 aliphatic heterocycles. The van der Waals surface area contributed by atoms with Gasteiger partial charge in [0.15, 0.2) is 0 Å². The van der Waals surface area contributed by atoms with E-state index >= 15 is 0 Å². The molecule has 4 nitrogen and oxygen atoms in total. The highest BCUT2D eigenvalue weighted by Crippen LogP contribution is 2.31. The maximum absolute atomic E-state index is 12.8. The van der Waals surface area contributed by atoms with E-state index < -0.39 is 0 Å². The second-order valence-electron chi connectivity index (χ2n) is 5.72. The van der Waals surface area contributed by atoms with Gasteiger partial charge in [0, 0.05) is 24.5 Å². The third kappa shape index (κ3) is 2.66. The molecule has 1 amide bonds. The van der Waals surface area contributed by atoms with Crippen LogP contribution in [-0.4, -0.2) is 44.1 Å². The predicted octanol–water partition coefficient (Wildman–Crippen LogP) is 2.67. The SMILES string of the molecule is CNC1CCN(C(=O)c2ccc3ccccc3c2OC)CC1. The highest BCUT2D eigenvalue weighted by atomic mass is 16.5. The molecule has 1 N–H and O–H groups in total. The smallest absolute Gasteiger partial charge is 0.257 e. The average Bonchev–Trinajstić information content (AvgIpc) is 2.60. The summed E-state index contributed by atoms with van der Waals surface area (Å²) in [5.41, 5.74) is 0.657. The van der Waals surface area contributed by atoms with Gasteiger partial charge in [-0.25, -0.2) is 0 Å². The molecule has 0 aromatic heterocycles. The van der Waals surface area contributed by atoms with Crippen molar-refractivity contribution in [1.29, 1.82) is 0 Å². The second-order valence-corrected chi connectivity index (χ2v) is 5.72.